The van der Waals surface area contributed by atoms with E-state index in [4.69, 9.17) is 16.7 Å². The minimum Gasteiger partial charge on any atom is -0.295 e. The summed E-state index contributed by atoms with van der Waals surface area (Å²) in [6, 6.07) is 16.7. The molecule has 2 aromatic rings. The van der Waals surface area contributed by atoms with Crippen LogP contribution in [0.1, 0.15) is 23.6 Å². The summed E-state index contributed by atoms with van der Waals surface area (Å²) in [4.78, 5) is 2.49. The molecule has 0 atom stereocenters. The first-order chi connectivity index (χ1) is 11.6. The van der Waals surface area contributed by atoms with Gasteiger partial charge in [-0.05, 0) is 37.1 Å². The molecule has 24 heavy (non-hydrogen) atoms. The maximum atomic E-state index is 5.94. The van der Waals surface area contributed by atoms with Crippen molar-refractivity contribution in [3.05, 3.63) is 70.2 Å². The average molecular weight is 342 g/mol. The van der Waals surface area contributed by atoms with Crippen LogP contribution in [-0.4, -0.2) is 41.8 Å². The Morgan fingerprint density at radius 2 is 1.58 bits per heavy atom. The molecule has 3 nitrogen and oxygen atoms in total. The van der Waals surface area contributed by atoms with Gasteiger partial charge in [-0.25, -0.2) is 0 Å². The van der Waals surface area contributed by atoms with Crippen molar-refractivity contribution < 1.29 is 0 Å². The van der Waals surface area contributed by atoms with Crippen LogP contribution < -0.4 is 0 Å². The van der Waals surface area contributed by atoms with Crippen molar-refractivity contribution in [1.29, 1.82) is 0 Å². The number of benzene rings is 2. The topological polar surface area (TPSA) is 18.8 Å². The van der Waals surface area contributed by atoms with Gasteiger partial charge in [-0.3, -0.25) is 9.91 Å². The quantitative estimate of drug-likeness (QED) is 0.776. The summed E-state index contributed by atoms with van der Waals surface area (Å²) in [5.74, 6) is 0. The van der Waals surface area contributed by atoms with Crippen molar-refractivity contribution in [2.45, 2.75) is 20.4 Å². The van der Waals surface area contributed by atoms with Crippen LogP contribution in [0.4, 0.5) is 0 Å². The van der Waals surface area contributed by atoms with E-state index in [0.717, 1.165) is 49.0 Å². The molecule has 0 spiro atoms. The molecule has 126 valence electrons. The van der Waals surface area contributed by atoms with Gasteiger partial charge in [0.25, 0.3) is 0 Å². The monoisotopic (exact) mass is 341 g/mol. The molecule has 3 rings (SSSR count). The number of aryl methyl sites for hydroxylation is 1. The van der Waals surface area contributed by atoms with Gasteiger partial charge in [0.15, 0.2) is 0 Å². The molecular formula is C20H24ClN3. The SMILES string of the molecule is CC(=NN1CCN(Cc2ccc(C)cc2)CC1)c1ccc(Cl)cc1. The number of hydrogen-bond donors (Lipinski definition) is 0. The van der Waals surface area contributed by atoms with Crippen LogP contribution in [0.5, 0.6) is 0 Å². The highest BCUT2D eigenvalue weighted by molar-refractivity contribution is 6.30. The largest absolute Gasteiger partial charge is 0.295 e. The molecule has 0 amide bonds. The van der Waals surface area contributed by atoms with Crippen molar-refractivity contribution in [1.82, 2.24) is 9.91 Å². The number of hydrazone groups is 1. The van der Waals surface area contributed by atoms with Crippen molar-refractivity contribution in [3.63, 3.8) is 0 Å². The molecule has 0 bridgehead atoms. The Morgan fingerprint density at radius 1 is 0.958 bits per heavy atom. The van der Waals surface area contributed by atoms with E-state index in [1.807, 2.05) is 24.3 Å². The Bertz CT molecular complexity index is 684. The van der Waals surface area contributed by atoms with E-state index in [2.05, 4.69) is 48.0 Å². The minimum absolute atomic E-state index is 0.760. The molecule has 2 aromatic carbocycles. The predicted octanol–water partition coefficient (Wildman–Crippen LogP) is 4.19. The molecule has 0 unspecified atom stereocenters. The van der Waals surface area contributed by atoms with Gasteiger partial charge in [0.2, 0.25) is 0 Å². The number of nitrogens with zero attached hydrogens (tertiary/aromatic N) is 3. The lowest BCUT2D eigenvalue weighted by atomic mass is 10.1. The Labute approximate surface area is 149 Å². The summed E-state index contributed by atoms with van der Waals surface area (Å²) in [6.45, 7) is 9.24. The van der Waals surface area contributed by atoms with Crippen LogP contribution in [0, 0.1) is 6.92 Å². The molecule has 4 heteroatoms. The van der Waals surface area contributed by atoms with Gasteiger partial charge >= 0.3 is 0 Å². The third-order valence-corrected chi connectivity index (χ3v) is 4.68. The molecule has 0 saturated carbocycles. The second-order valence-corrected chi connectivity index (χ2v) is 6.84. The van der Waals surface area contributed by atoms with Crippen LogP contribution in [0.25, 0.3) is 0 Å². The third kappa shape index (κ3) is 4.59. The normalized spacial score (nSPS) is 16.5. The first kappa shape index (κ1) is 17.0. The highest BCUT2D eigenvalue weighted by Gasteiger charge is 2.16. The smallest absolute Gasteiger partial charge is 0.0646 e. The Kier molecular flexibility index (Phi) is 5.54. The molecule has 1 heterocycles. The maximum Gasteiger partial charge on any atom is 0.0646 e. The molecule has 0 N–H and O–H groups in total. The lowest BCUT2D eigenvalue weighted by Crippen LogP contribution is -2.43. The van der Waals surface area contributed by atoms with Gasteiger partial charge in [0, 0.05) is 37.7 Å². The minimum atomic E-state index is 0.760. The molecule has 1 aliphatic heterocycles. The Morgan fingerprint density at radius 3 is 2.21 bits per heavy atom. The fourth-order valence-corrected chi connectivity index (χ4v) is 3.03. The predicted molar refractivity (Wildman–Crippen MR) is 102 cm³/mol. The number of rotatable bonds is 4. The maximum absolute atomic E-state index is 5.94. The zero-order valence-corrected chi connectivity index (χ0v) is 15.1. The summed E-state index contributed by atoms with van der Waals surface area (Å²) in [5, 5.41) is 7.71. The van der Waals surface area contributed by atoms with E-state index in [9.17, 15) is 0 Å². The summed E-state index contributed by atoms with van der Waals surface area (Å²) in [7, 11) is 0. The van der Waals surface area contributed by atoms with Gasteiger partial charge in [-0.2, -0.15) is 5.10 Å². The van der Waals surface area contributed by atoms with Gasteiger partial charge in [0.1, 0.15) is 0 Å². The van der Waals surface area contributed by atoms with Crippen LogP contribution in [-0.2, 0) is 6.54 Å². The third-order valence-electron chi connectivity index (χ3n) is 4.43. The molecular weight excluding hydrogens is 318 g/mol. The summed E-state index contributed by atoms with van der Waals surface area (Å²) < 4.78 is 0. The van der Waals surface area contributed by atoms with E-state index in [0.29, 0.717) is 0 Å². The Balaban J connectivity index is 1.53. The summed E-state index contributed by atoms with van der Waals surface area (Å²) in [6.07, 6.45) is 0. The van der Waals surface area contributed by atoms with Gasteiger partial charge in [-0.1, -0.05) is 53.6 Å². The molecule has 0 radical (unpaired) electrons. The fraction of sp³-hybridized carbons (Fsp3) is 0.350. The van der Waals surface area contributed by atoms with Gasteiger partial charge in [-0.15, -0.1) is 0 Å². The fourth-order valence-electron chi connectivity index (χ4n) is 2.91. The Hall–Kier alpha value is -1.84. The standard InChI is InChI=1S/C20H24ClN3/c1-16-3-5-18(6-4-16)15-23-11-13-24(14-12-23)22-17(2)19-7-9-20(21)10-8-19/h3-10H,11-15H2,1-2H3. The molecule has 1 fully saturated rings. The highest BCUT2D eigenvalue weighted by Crippen LogP contribution is 2.13. The van der Waals surface area contributed by atoms with Crippen LogP contribution in [0.2, 0.25) is 5.02 Å². The lowest BCUT2D eigenvalue weighted by molar-refractivity contribution is 0.130. The lowest BCUT2D eigenvalue weighted by Gasteiger charge is -2.33. The zero-order valence-electron chi connectivity index (χ0n) is 14.4. The van der Waals surface area contributed by atoms with E-state index < -0.39 is 0 Å². The number of halogens is 1. The summed E-state index contributed by atoms with van der Waals surface area (Å²) in [5.41, 5.74) is 4.87. The number of piperazine rings is 1. The summed E-state index contributed by atoms with van der Waals surface area (Å²) >= 11 is 5.94. The molecule has 1 saturated heterocycles. The number of hydrogen-bond acceptors (Lipinski definition) is 3. The highest BCUT2D eigenvalue weighted by atomic mass is 35.5. The van der Waals surface area contributed by atoms with E-state index in [1.54, 1.807) is 0 Å². The van der Waals surface area contributed by atoms with E-state index >= 15 is 0 Å². The van der Waals surface area contributed by atoms with E-state index in [-0.39, 0.29) is 0 Å². The van der Waals surface area contributed by atoms with Crippen molar-refractivity contribution in [2.24, 2.45) is 5.10 Å². The first-order valence-electron chi connectivity index (χ1n) is 8.44. The van der Waals surface area contributed by atoms with Crippen LogP contribution in [0.15, 0.2) is 53.6 Å². The average Bonchev–Trinajstić information content (AvgIpc) is 2.59. The van der Waals surface area contributed by atoms with Crippen molar-refractivity contribution in [2.75, 3.05) is 26.2 Å². The van der Waals surface area contributed by atoms with Crippen LogP contribution >= 0.6 is 11.6 Å². The molecule has 1 aliphatic rings. The second-order valence-electron chi connectivity index (χ2n) is 6.41. The second kappa shape index (κ2) is 7.82. The van der Waals surface area contributed by atoms with Crippen LogP contribution in [0.3, 0.4) is 0 Å². The first-order valence-corrected chi connectivity index (χ1v) is 8.82. The van der Waals surface area contributed by atoms with E-state index in [1.165, 1.54) is 11.1 Å². The molecule has 0 aliphatic carbocycles. The zero-order chi connectivity index (χ0) is 16.9. The van der Waals surface area contributed by atoms with Crippen molar-refractivity contribution >= 4 is 17.3 Å². The van der Waals surface area contributed by atoms with Crippen molar-refractivity contribution in [3.8, 4) is 0 Å². The van der Waals surface area contributed by atoms with Gasteiger partial charge < -0.3 is 0 Å². The van der Waals surface area contributed by atoms with Gasteiger partial charge in [0.05, 0.1) is 5.71 Å². The molecule has 0 aromatic heterocycles.